The molecule has 0 aliphatic heterocycles. The van der Waals surface area contributed by atoms with Gasteiger partial charge in [-0.15, -0.1) is 4.37 Å². The zero-order chi connectivity index (χ0) is 11.5. The Balaban J connectivity index is 0.00000144. The van der Waals surface area contributed by atoms with E-state index in [1.54, 1.807) is 0 Å². The number of aryl methyl sites for hydroxylation is 1. The fourth-order valence-electron chi connectivity index (χ4n) is 1.39. The molecule has 4 nitrogen and oxygen atoms in total. The SMILES string of the molecule is CC(C)Oc1nsnc1-c1ccc[n+](C)c1.[I-]. The molecular weight excluding hydrogens is 349 g/mol. The Hall–Kier alpha value is -0.760. The number of ether oxygens (including phenoxy) is 1. The van der Waals surface area contributed by atoms with Gasteiger partial charge in [0.2, 0.25) is 0 Å². The monoisotopic (exact) mass is 363 g/mol. The number of aromatic nitrogens is 3. The molecule has 0 amide bonds. The first kappa shape index (κ1) is 14.3. The second-order valence-electron chi connectivity index (χ2n) is 3.84. The second-order valence-corrected chi connectivity index (χ2v) is 4.37. The Morgan fingerprint density at radius 3 is 2.76 bits per heavy atom. The summed E-state index contributed by atoms with van der Waals surface area (Å²) >= 11 is 1.17. The van der Waals surface area contributed by atoms with Crippen LogP contribution >= 0.6 is 11.7 Å². The number of nitrogens with zero attached hydrogens (tertiary/aromatic N) is 3. The Morgan fingerprint density at radius 1 is 1.35 bits per heavy atom. The molecule has 0 saturated carbocycles. The second kappa shape index (κ2) is 6.25. The van der Waals surface area contributed by atoms with Gasteiger partial charge < -0.3 is 28.7 Å². The van der Waals surface area contributed by atoms with Crippen molar-refractivity contribution in [3.63, 3.8) is 0 Å². The smallest absolute Gasteiger partial charge is 0.254 e. The lowest BCUT2D eigenvalue weighted by atomic mass is 10.2. The van der Waals surface area contributed by atoms with Gasteiger partial charge in [-0.3, -0.25) is 0 Å². The van der Waals surface area contributed by atoms with Crippen molar-refractivity contribution in [3.8, 4) is 17.1 Å². The fraction of sp³-hybridized carbons (Fsp3) is 0.364. The third kappa shape index (κ3) is 3.60. The molecule has 0 N–H and O–H groups in total. The van der Waals surface area contributed by atoms with Gasteiger partial charge in [-0.2, -0.15) is 4.37 Å². The first-order chi connectivity index (χ1) is 7.66. The summed E-state index contributed by atoms with van der Waals surface area (Å²) in [5.41, 5.74) is 1.84. The van der Waals surface area contributed by atoms with Crippen LogP contribution in [0.3, 0.4) is 0 Å². The number of hydrogen-bond acceptors (Lipinski definition) is 4. The summed E-state index contributed by atoms with van der Waals surface area (Å²) < 4.78 is 16.0. The maximum absolute atomic E-state index is 5.61. The van der Waals surface area contributed by atoms with Crippen LogP contribution in [-0.4, -0.2) is 14.9 Å². The van der Waals surface area contributed by atoms with E-state index in [-0.39, 0.29) is 30.1 Å². The quantitative estimate of drug-likeness (QED) is 0.509. The molecule has 0 aliphatic carbocycles. The summed E-state index contributed by atoms with van der Waals surface area (Å²) in [4.78, 5) is 0. The Bertz CT molecular complexity index is 487. The number of pyridine rings is 1. The maximum Gasteiger partial charge on any atom is 0.254 e. The highest BCUT2D eigenvalue weighted by Gasteiger charge is 2.15. The van der Waals surface area contributed by atoms with E-state index in [1.165, 1.54) is 11.7 Å². The molecule has 2 rings (SSSR count). The molecule has 0 spiro atoms. The Morgan fingerprint density at radius 2 is 2.12 bits per heavy atom. The number of rotatable bonds is 3. The van der Waals surface area contributed by atoms with Gasteiger partial charge in [0.05, 0.1) is 23.4 Å². The molecule has 0 atom stereocenters. The van der Waals surface area contributed by atoms with Crippen LogP contribution in [0, 0.1) is 0 Å². The molecule has 0 aromatic carbocycles. The molecule has 0 aliphatic rings. The summed E-state index contributed by atoms with van der Waals surface area (Å²) in [6.45, 7) is 3.96. The highest BCUT2D eigenvalue weighted by Crippen LogP contribution is 2.27. The highest BCUT2D eigenvalue weighted by molar-refractivity contribution is 6.99. The van der Waals surface area contributed by atoms with Crippen molar-refractivity contribution >= 4 is 11.7 Å². The first-order valence-electron chi connectivity index (χ1n) is 5.11. The predicted molar refractivity (Wildman–Crippen MR) is 62.3 cm³/mol. The minimum Gasteiger partial charge on any atom is -1.00 e. The molecule has 0 radical (unpaired) electrons. The van der Waals surface area contributed by atoms with Gasteiger partial charge in [-0.05, 0) is 19.9 Å². The zero-order valence-electron chi connectivity index (χ0n) is 9.92. The average molecular weight is 363 g/mol. The van der Waals surface area contributed by atoms with Crippen molar-refractivity contribution < 1.29 is 33.3 Å². The van der Waals surface area contributed by atoms with Crippen LogP contribution in [0.4, 0.5) is 0 Å². The minimum atomic E-state index is 0. The zero-order valence-corrected chi connectivity index (χ0v) is 12.9. The Labute approximate surface area is 122 Å². The molecular formula is C11H14IN3OS. The summed E-state index contributed by atoms with van der Waals surface area (Å²) in [5, 5.41) is 0. The lowest BCUT2D eigenvalue weighted by Crippen LogP contribution is -3.00. The highest BCUT2D eigenvalue weighted by atomic mass is 127. The average Bonchev–Trinajstić information content (AvgIpc) is 2.65. The van der Waals surface area contributed by atoms with Crippen LogP contribution in [0.5, 0.6) is 5.88 Å². The summed E-state index contributed by atoms with van der Waals surface area (Å²) in [7, 11) is 1.98. The maximum atomic E-state index is 5.61. The van der Waals surface area contributed by atoms with Gasteiger partial charge in [-0.1, -0.05) is 0 Å². The van der Waals surface area contributed by atoms with Gasteiger partial charge in [0.25, 0.3) is 5.88 Å². The van der Waals surface area contributed by atoms with Crippen LogP contribution in [0.1, 0.15) is 13.8 Å². The van der Waals surface area contributed by atoms with E-state index in [0.29, 0.717) is 5.88 Å². The van der Waals surface area contributed by atoms with Gasteiger partial charge >= 0.3 is 0 Å². The summed E-state index contributed by atoms with van der Waals surface area (Å²) in [5.74, 6) is 0.617. The van der Waals surface area contributed by atoms with Gasteiger partial charge in [0, 0.05) is 6.07 Å². The van der Waals surface area contributed by atoms with Gasteiger partial charge in [0.15, 0.2) is 18.1 Å². The van der Waals surface area contributed by atoms with E-state index < -0.39 is 0 Å². The predicted octanol–water partition coefficient (Wildman–Crippen LogP) is -1.18. The van der Waals surface area contributed by atoms with Crippen LogP contribution in [0.25, 0.3) is 11.3 Å². The van der Waals surface area contributed by atoms with Crippen LogP contribution < -0.4 is 33.3 Å². The van der Waals surface area contributed by atoms with Gasteiger partial charge in [0.1, 0.15) is 7.05 Å². The number of halogens is 1. The van der Waals surface area contributed by atoms with Crippen LogP contribution in [0.2, 0.25) is 0 Å². The lowest BCUT2D eigenvalue weighted by Gasteiger charge is -2.06. The molecule has 0 unspecified atom stereocenters. The molecule has 92 valence electrons. The fourth-order valence-corrected chi connectivity index (χ4v) is 1.89. The van der Waals surface area contributed by atoms with Crippen molar-refractivity contribution in [2.24, 2.45) is 7.05 Å². The Kier molecular flexibility index (Phi) is 5.26. The minimum absolute atomic E-state index is 0. The lowest BCUT2D eigenvalue weighted by molar-refractivity contribution is -0.671. The van der Waals surface area contributed by atoms with Crippen LogP contribution in [0.15, 0.2) is 24.5 Å². The first-order valence-corrected chi connectivity index (χ1v) is 5.84. The molecule has 6 heteroatoms. The molecule has 2 aromatic rings. The third-order valence-corrected chi connectivity index (χ3v) is 2.53. The van der Waals surface area contributed by atoms with E-state index in [9.17, 15) is 0 Å². The largest absolute Gasteiger partial charge is 1.00 e. The van der Waals surface area contributed by atoms with Crippen molar-refractivity contribution in [2.45, 2.75) is 20.0 Å². The van der Waals surface area contributed by atoms with Crippen molar-refractivity contribution in [3.05, 3.63) is 24.5 Å². The topological polar surface area (TPSA) is 38.9 Å². The van der Waals surface area contributed by atoms with E-state index in [0.717, 1.165) is 11.3 Å². The molecule has 0 bridgehead atoms. The van der Waals surface area contributed by atoms with Gasteiger partial charge in [-0.25, -0.2) is 4.57 Å². The van der Waals surface area contributed by atoms with Crippen LogP contribution in [-0.2, 0) is 7.05 Å². The summed E-state index contributed by atoms with van der Waals surface area (Å²) in [6, 6.07) is 3.98. The molecule has 17 heavy (non-hydrogen) atoms. The number of hydrogen-bond donors (Lipinski definition) is 0. The van der Waals surface area contributed by atoms with Crippen molar-refractivity contribution in [1.29, 1.82) is 0 Å². The van der Waals surface area contributed by atoms with Crippen molar-refractivity contribution in [2.75, 3.05) is 0 Å². The van der Waals surface area contributed by atoms with Crippen molar-refractivity contribution in [1.82, 2.24) is 8.75 Å². The van der Waals surface area contributed by atoms with E-state index >= 15 is 0 Å². The third-order valence-electron chi connectivity index (χ3n) is 2.02. The van der Waals surface area contributed by atoms with E-state index in [2.05, 4.69) is 8.75 Å². The molecule has 2 heterocycles. The normalized spacial score (nSPS) is 10.1. The summed E-state index contributed by atoms with van der Waals surface area (Å²) in [6.07, 6.45) is 4.09. The molecule has 0 saturated heterocycles. The molecule has 0 fully saturated rings. The van der Waals surface area contributed by atoms with E-state index in [4.69, 9.17) is 4.74 Å². The van der Waals surface area contributed by atoms with E-state index in [1.807, 2.05) is 50.0 Å². The molecule has 2 aromatic heterocycles. The standard InChI is InChI=1S/C11H14N3OS.HI/c1-8(2)15-11-10(12-16-13-11)9-5-4-6-14(3)7-9;/h4-8H,1-3H3;1H/q+1;/p-1.